The summed E-state index contributed by atoms with van der Waals surface area (Å²) in [5, 5.41) is 3.82. The monoisotopic (exact) mass is 309 g/mol. The number of fused-ring (bicyclic) bond motifs is 1. The number of ether oxygens (including phenoxy) is 1. The van der Waals surface area contributed by atoms with Crippen LogP contribution in [0.15, 0.2) is 40.8 Å². The second kappa shape index (κ2) is 5.80. The number of furan rings is 1. The maximum atomic E-state index is 12.6. The van der Waals surface area contributed by atoms with E-state index in [2.05, 4.69) is 18.3 Å². The highest BCUT2D eigenvalue weighted by Gasteiger charge is 2.19. The lowest BCUT2D eigenvalue weighted by atomic mass is 10.0. The van der Waals surface area contributed by atoms with E-state index in [1.165, 1.54) is 5.56 Å². The molecule has 4 heteroatoms. The Morgan fingerprint density at radius 3 is 2.52 bits per heavy atom. The van der Waals surface area contributed by atoms with Crippen LogP contribution in [0.2, 0.25) is 0 Å². The van der Waals surface area contributed by atoms with Gasteiger partial charge in [0.15, 0.2) is 5.76 Å². The van der Waals surface area contributed by atoms with Crippen molar-refractivity contribution in [2.75, 3.05) is 12.4 Å². The van der Waals surface area contributed by atoms with Gasteiger partial charge in [0.1, 0.15) is 11.3 Å². The lowest BCUT2D eigenvalue weighted by Crippen LogP contribution is -2.12. The SMILES string of the molecule is COc1ccccc1NC(=O)c1oc2cc(C)c(C)cc2c1C. The van der Waals surface area contributed by atoms with Crippen LogP contribution in [0.1, 0.15) is 27.2 Å². The molecule has 0 atom stereocenters. The molecular weight excluding hydrogens is 290 g/mol. The van der Waals surface area contributed by atoms with E-state index in [-0.39, 0.29) is 5.91 Å². The first-order valence-corrected chi connectivity index (χ1v) is 7.46. The van der Waals surface area contributed by atoms with Crippen LogP contribution in [0.3, 0.4) is 0 Å². The van der Waals surface area contributed by atoms with E-state index in [9.17, 15) is 4.79 Å². The van der Waals surface area contributed by atoms with Crippen LogP contribution in [0.5, 0.6) is 5.75 Å². The second-order valence-corrected chi connectivity index (χ2v) is 5.64. The summed E-state index contributed by atoms with van der Waals surface area (Å²) in [5.74, 6) is 0.663. The van der Waals surface area contributed by atoms with Gasteiger partial charge in [0, 0.05) is 10.9 Å². The number of nitrogens with one attached hydrogen (secondary N) is 1. The molecule has 0 saturated carbocycles. The molecule has 1 amide bonds. The summed E-state index contributed by atoms with van der Waals surface area (Å²) >= 11 is 0. The predicted octanol–water partition coefficient (Wildman–Crippen LogP) is 4.62. The number of aryl methyl sites for hydroxylation is 3. The van der Waals surface area contributed by atoms with Gasteiger partial charge in [-0.1, -0.05) is 12.1 Å². The van der Waals surface area contributed by atoms with Gasteiger partial charge in [-0.25, -0.2) is 0 Å². The molecule has 1 aromatic heterocycles. The summed E-state index contributed by atoms with van der Waals surface area (Å²) < 4.78 is 11.0. The van der Waals surface area contributed by atoms with Crippen molar-refractivity contribution in [3.63, 3.8) is 0 Å². The van der Waals surface area contributed by atoms with E-state index >= 15 is 0 Å². The number of para-hydroxylation sites is 2. The Morgan fingerprint density at radius 2 is 1.78 bits per heavy atom. The molecule has 0 radical (unpaired) electrons. The van der Waals surface area contributed by atoms with Gasteiger partial charge >= 0.3 is 0 Å². The number of hydrogen-bond acceptors (Lipinski definition) is 3. The highest BCUT2D eigenvalue weighted by molar-refractivity contribution is 6.07. The van der Waals surface area contributed by atoms with Crippen LogP contribution >= 0.6 is 0 Å². The average molecular weight is 309 g/mol. The third kappa shape index (κ3) is 2.68. The van der Waals surface area contributed by atoms with Crippen molar-refractivity contribution >= 4 is 22.6 Å². The predicted molar refractivity (Wildman–Crippen MR) is 91.4 cm³/mol. The lowest BCUT2D eigenvalue weighted by molar-refractivity contribution is 0.0997. The molecule has 0 aliphatic carbocycles. The van der Waals surface area contributed by atoms with Crippen molar-refractivity contribution in [1.82, 2.24) is 0 Å². The highest BCUT2D eigenvalue weighted by Crippen LogP contribution is 2.29. The van der Waals surface area contributed by atoms with Gasteiger partial charge in [0.05, 0.1) is 12.8 Å². The number of carbonyl (C=O) groups excluding carboxylic acids is 1. The minimum atomic E-state index is -0.279. The molecule has 3 rings (SSSR count). The molecule has 0 aliphatic rings. The van der Waals surface area contributed by atoms with Crippen LogP contribution in [0.4, 0.5) is 5.69 Å². The summed E-state index contributed by atoms with van der Waals surface area (Å²) in [7, 11) is 1.57. The maximum Gasteiger partial charge on any atom is 0.291 e. The summed E-state index contributed by atoms with van der Waals surface area (Å²) in [6.07, 6.45) is 0. The van der Waals surface area contributed by atoms with Gasteiger partial charge in [-0.2, -0.15) is 0 Å². The van der Waals surface area contributed by atoms with E-state index in [0.717, 1.165) is 22.1 Å². The Labute approximate surface area is 135 Å². The van der Waals surface area contributed by atoms with E-state index in [0.29, 0.717) is 17.2 Å². The molecule has 118 valence electrons. The van der Waals surface area contributed by atoms with E-state index in [4.69, 9.17) is 9.15 Å². The van der Waals surface area contributed by atoms with Gasteiger partial charge in [-0.3, -0.25) is 4.79 Å². The third-order valence-corrected chi connectivity index (χ3v) is 4.11. The number of methoxy groups -OCH3 is 1. The van der Waals surface area contributed by atoms with Gasteiger partial charge in [0.25, 0.3) is 5.91 Å². The topological polar surface area (TPSA) is 51.5 Å². The Morgan fingerprint density at radius 1 is 1.09 bits per heavy atom. The zero-order chi connectivity index (χ0) is 16.6. The van der Waals surface area contributed by atoms with Crippen LogP contribution < -0.4 is 10.1 Å². The zero-order valence-corrected chi connectivity index (χ0v) is 13.7. The number of anilines is 1. The molecule has 4 nitrogen and oxygen atoms in total. The minimum Gasteiger partial charge on any atom is -0.495 e. The molecule has 0 unspecified atom stereocenters. The van der Waals surface area contributed by atoms with Gasteiger partial charge < -0.3 is 14.5 Å². The standard InChI is InChI=1S/C19H19NO3/c1-11-9-14-13(3)18(23-17(14)10-12(11)2)19(21)20-15-7-5-6-8-16(15)22-4/h5-10H,1-4H3,(H,20,21). The molecule has 0 aliphatic heterocycles. The molecule has 23 heavy (non-hydrogen) atoms. The van der Waals surface area contributed by atoms with Gasteiger partial charge in [-0.05, 0) is 56.2 Å². The number of hydrogen-bond donors (Lipinski definition) is 1. The van der Waals surface area contributed by atoms with Crippen LogP contribution in [0, 0.1) is 20.8 Å². The van der Waals surface area contributed by atoms with Crippen molar-refractivity contribution in [3.8, 4) is 5.75 Å². The summed E-state index contributed by atoms with van der Waals surface area (Å²) in [6, 6.07) is 11.3. The lowest BCUT2D eigenvalue weighted by Gasteiger charge is -2.08. The molecule has 3 aromatic rings. The zero-order valence-electron chi connectivity index (χ0n) is 13.7. The van der Waals surface area contributed by atoms with Gasteiger partial charge in [-0.15, -0.1) is 0 Å². The Hall–Kier alpha value is -2.75. The van der Waals surface area contributed by atoms with Crippen LogP contribution in [-0.2, 0) is 0 Å². The number of rotatable bonds is 3. The first-order chi connectivity index (χ1) is 11.0. The third-order valence-electron chi connectivity index (χ3n) is 4.11. The fourth-order valence-electron chi connectivity index (χ4n) is 2.62. The highest BCUT2D eigenvalue weighted by atomic mass is 16.5. The molecule has 1 N–H and O–H groups in total. The average Bonchev–Trinajstić information content (AvgIpc) is 2.85. The molecule has 0 spiro atoms. The minimum absolute atomic E-state index is 0.279. The van der Waals surface area contributed by atoms with Crippen molar-refractivity contribution < 1.29 is 13.9 Å². The molecular formula is C19H19NO3. The van der Waals surface area contributed by atoms with Crippen molar-refractivity contribution in [2.45, 2.75) is 20.8 Å². The first-order valence-electron chi connectivity index (χ1n) is 7.46. The Balaban J connectivity index is 1.99. The number of amides is 1. The molecule has 0 bridgehead atoms. The molecule has 0 fully saturated rings. The fraction of sp³-hybridized carbons (Fsp3) is 0.211. The van der Waals surface area contributed by atoms with Crippen molar-refractivity contribution in [2.24, 2.45) is 0 Å². The first kappa shape index (κ1) is 15.2. The van der Waals surface area contributed by atoms with Crippen molar-refractivity contribution in [1.29, 1.82) is 0 Å². The molecule has 0 saturated heterocycles. The smallest absolute Gasteiger partial charge is 0.291 e. The normalized spacial score (nSPS) is 10.8. The van der Waals surface area contributed by atoms with E-state index < -0.39 is 0 Å². The van der Waals surface area contributed by atoms with Gasteiger partial charge in [0.2, 0.25) is 0 Å². The number of carbonyl (C=O) groups is 1. The Kier molecular flexibility index (Phi) is 3.82. The summed E-state index contributed by atoms with van der Waals surface area (Å²) in [4.78, 5) is 12.6. The fourth-order valence-corrected chi connectivity index (χ4v) is 2.62. The summed E-state index contributed by atoms with van der Waals surface area (Å²) in [5.41, 5.74) is 4.51. The number of benzene rings is 2. The van der Waals surface area contributed by atoms with E-state index in [1.807, 2.05) is 32.0 Å². The second-order valence-electron chi connectivity index (χ2n) is 5.64. The molecule has 2 aromatic carbocycles. The summed E-state index contributed by atoms with van der Waals surface area (Å²) in [6.45, 7) is 5.98. The largest absolute Gasteiger partial charge is 0.495 e. The van der Waals surface area contributed by atoms with Crippen LogP contribution in [0.25, 0.3) is 11.0 Å². The van der Waals surface area contributed by atoms with Crippen LogP contribution in [-0.4, -0.2) is 13.0 Å². The molecule has 1 heterocycles. The van der Waals surface area contributed by atoms with E-state index in [1.54, 1.807) is 19.2 Å². The quantitative estimate of drug-likeness (QED) is 0.768. The Bertz CT molecular complexity index is 893. The van der Waals surface area contributed by atoms with Crippen molar-refractivity contribution in [3.05, 3.63) is 58.8 Å². The maximum absolute atomic E-state index is 12.6.